The summed E-state index contributed by atoms with van der Waals surface area (Å²) >= 11 is 6.38. The molecular weight excluding hydrogens is 554 g/mol. The molecule has 42 heavy (non-hydrogen) atoms. The number of hydrogen-bond acceptors (Lipinski definition) is 6. The maximum atomic E-state index is 13.6. The molecule has 9 heteroatoms. The van der Waals surface area contributed by atoms with Crippen molar-refractivity contribution in [3.8, 4) is 0 Å². The Balaban J connectivity index is 1.57. The molecule has 2 amide bonds. The van der Waals surface area contributed by atoms with Crippen molar-refractivity contribution in [1.82, 2.24) is 16.0 Å². The molecule has 2 aromatic rings. The average Bonchev–Trinajstić information content (AvgIpc) is 3.03. The lowest BCUT2D eigenvalue weighted by molar-refractivity contribution is 0.0478. The van der Waals surface area contributed by atoms with Crippen LogP contribution in [0.25, 0.3) is 0 Å². The van der Waals surface area contributed by atoms with Crippen LogP contribution in [0.1, 0.15) is 90.4 Å². The van der Waals surface area contributed by atoms with Gasteiger partial charge in [-0.3, -0.25) is 4.79 Å². The Morgan fingerprint density at radius 2 is 1.86 bits per heavy atom. The number of amides is 2. The molecule has 1 heterocycles. The molecule has 0 radical (unpaired) electrons. The van der Waals surface area contributed by atoms with Gasteiger partial charge in [0.05, 0.1) is 13.7 Å². The second-order valence-corrected chi connectivity index (χ2v) is 11.9. The number of carbonyl (C=O) groups excluding carboxylic acids is 2. The summed E-state index contributed by atoms with van der Waals surface area (Å²) in [5.74, 6) is 0.826. The predicted molar refractivity (Wildman–Crippen MR) is 165 cm³/mol. The maximum Gasteiger partial charge on any atom is 0.406 e. The number of rotatable bonds is 13. The SMILES string of the molecule is CNC(CNC(=O)c1cc(C2CCCCC2)cc(C(OCCNC(=O)OC)c2cccc(Cl)c2)c1)CC1CCCOC1. The van der Waals surface area contributed by atoms with E-state index in [0.717, 1.165) is 50.0 Å². The van der Waals surface area contributed by atoms with Crippen molar-refractivity contribution >= 4 is 23.6 Å². The van der Waals surface area contributed by atoms with E-state index in [2.05, 4.69) is 32.8 Å². The van der Waals surface area contributed by atoms with Gasteiger partial charge in [0, 0.05) is 42.9 Å². The van der Waals surface area contributed by atoms with Crippen LogP contribution in [0, 0.1) is 5.92 Å². The highest BCUT2D eigenvalue weighted by atomic mass is 35.5. The maximum absolute atomic E-state index is 13.6. The summed E-state index contributed by atoms with van der Waals surface area (Å²) in [6, 6.07) is 13.9. The first-order valence-corrected chi connectivity index (χ1v) is 15.7. The molecule has 2 aliphatic rings. The summed E-state index contributed by atoms with van der Waals surface area (Å²) in [5.41, 5.74) is 3.59. The van der Waals surface area contributed by atoms with Crippen LogP contribution < -0.4 is 16.0 Å². The number of carbonyl (C=O) groups is 2. The quantitative estimate of drug-likeness (QED) is 0.245. The van der Waals surface area contributed by atoms with Crippen LogP contribution in [-0.2, 0) is 14.2 Å². The van der Waals surface area contributed by atoms with Gasteiger partial charge in [-0.05, 0) is 91.9 Å². The van der Waals surface area contributed by atoms with Crippen LogP contribution in [0.5, 0.6) is 0 Å². The van der Waals surface area contributed by atoms with E-state index in [4.69, 9.17) is 21.1 Å². The number of halogens is 1. The van der Waals surface area contributed by atoms with Crippen LogP contribution in [0.3, 0.4) is 0 Å². The molecule has 1 saturated carbocycles. The molecule has 2 aromatic carbocycles. The van der Waals surface area contributed by atoms with Crippen molar-refractivity contribution in [2.75, 3.05) is 47.1 Å². The summed E-state index contributed by atoms with van der Waals surface area (Å²) < 4.78 is 16.7. The van der Waals surface area contributed by atoms with Gasteiger partial charge in [0.15, 0.2) is 0 Å². The largest absolute Gasteiger partial charge is 0.453 e. The van der Waals surface area contributed by atoms with Gasteiger partial charge >= 0.3 is 6.09 Å². The monoisotopic (exact) mass is 599 g/mol. The zero-order chi connectivity index (χ0) is 29.7. The van der Waals surface area contributed by atoms with Crippen molar-refractivity contribution in [1.29, 1.82) is 0 Å². The van der Waals surface area contributed by atoms with Crippen LogP contribution >= 0.6 is 11.6 Å². The normalized spacial score (nSPS) is 19.1. The number of nitrogens with one attached hydrogen (secondary N) is 3. The summed E-state index contributed by atoms with van der Waals surface area (Å²) in [6.07, 6.45) is 8.12. The molecule has 230 valence electrons. The number of ether oxygens (including phenoxy) is 3. The van der Waals surface area contributed by atoms with Crippen molar-refractivity contribution in [3.63, 3.8) is 0 Å². The Labute approximate surface area is 255 Å². The zero-order valence-corrected chi connectivity index (χ0v) is 25.7. The number of likely N-dealkylation sites (N-methyl/N-ethyl adjacent to an activating group) is 1. The Morgan fingerprint density at radius 1 is 1.02 bits per heavy atom. The predicted octanol–water partition coefficient (Wildman–Crippen LogP) is 5.98. The van der Waals surface area contributed by atoms with Crippen LogP contribution in [0.15, 0.2) is 42.5 Å². The minimum Gasteiger partial charge on any atom is -0.453 e. The number of hydrogen-bond donors (Lipinski definition) is 3. The molecule has 2 fully saturated rings. The Kier molecular flexibility index (Phi) is 12.9. The van der Waals surface area contributed by atoms with Gasteiger partial charge in [-0.25, -0.2) is 4.79 Å². The van der Waals surface area contributed by atoms with E-state index in [1.807, 2.05) is 37.4 Å². The van der Waals surface area contributed by atoms with Crippen LogP contribution in [0.4, 0.5) is 4.79 Å². The van der Waals surface area contributed by atoms with Gasteiger partial charge in [0.1, 0.15) is 6.10 Å². The minimum absolute atomic E-state index is 0.0914. The second kappa shape index (κ2) is 16.8. The first-order valence-electron chi connectivity index (χ1n) is 15.3. The molecule has 0 aromatic heterocycles. The number of benzene rings is 2. The molecule has 3 atom stereocenters. The van der Waals surface area contributed by atoms with E-state index < -0.39 is 12.2 Å². The Bertz CT molecular complexity index is 1150. The molecule has 0 bridgehead atoms. The number of alkyl carbamates (subject to hydrolysis) is 1. The summed E-state index contributed by atoms with van der Waals surface area (Å²) in [6.45, 7) is 2.73. The van der Waals surface area contributed by atoms with E-state index in [1.165, 1.54) is 38.4 Å². The van der Waals surface area contributed by atoms with Crippen molar-refractivity contribution < 1.29 is 23.8 Å². The fourth-order valence-corrected chi connectivity index (χ4v) is 6.30. The van der Waals surface area contributed by atoms with E-state index in [9.17, 15) is 9.59 Å². The topological polar surface area (TPSA) is 97.9 Å². The van der Waals surface area contributed by atoms with Crippen molar-refractivity contribution in [3.05, 3.63) is 69.7 Å². The molecule has 1 saturated heterocycles. The molecule has 3 N–H and O–H groups in total. The van der Waals surface area contributed by atoms with Crippen molar-refractivity contribution in [2.45, 2.75) is 69.4 Å². The lowest BCUT2D eigenvalue weighted by Crippen LogP contribution is -2.41. The molecular formula is C33H46ClN3O5. The average molecular weight is 600 g/mol. The third kappa shape index (κ3) is 9.69. The molecule has 0 spiro atoms. The van der Waals surface area contributed by atoms with E-state index in [1.54, 1.807) is 0 Å². The lowest BCUT2D eigenvalue weighted by atomic mass is 9.82. The molecule has 3 unspecified atom stereocenters. The van der Waals surface area contributed by atoms with Gasteiger partial charge in [0.25, 0.3) is 5.91 Å². The second-order valence-electron chi connectivity index (χ2n) is 11.5. The zero-order valence-electron chi connectivity index (χ0n) is 25.0. The highest BCUT2D eigenvalue weighted by Gasteiger charge is 2.24. The Hall–Kier alpha value is -2.65. The first-order chi connectivity index (χ1) is 20.5. The van der Waals surface area contributed by atoms with Crippen LogP contribution in [-0.4, -0.2) is 65.1 Å². The van der Waals surface area contributed by atoms with E-state index in [-0.39, 0.29) is 25.1 Å². The Morgan fingerprint density at radius 3 is 2.57 bits per heavy atom. The summed E-state index contributed by atoms with van der Waals surface area (Å²) in [5, 5.41) is 9.84. The van der Waals surface area contributed by atoms with Crippen LogP contribution in [0.2, 0.25) is 5.02 Å². The van der Waals surface area contributed by atoms with Gasteiger partial charge in [0.2, 0.25) is 0 Å². The number of methoxy groups -OCH3 is 1. The lowest BCUT2D eigenvalue weighted by Gasteiger charge is -2.27. The fourth-order valence-electron chi connectivity index (χ4n) is 6.10. The highest BCUT2D eigenvalue weighted by Crippen LogP contribution is 2.36. The molecule has 8 nitrogen and oxygen atoms in total. The minimum atomic E-state index is -0.507. The van der Waals surface area contributed by atoms with Gasteiger partial charge < -0.3 is 30.2 Å². The highest BCUT2D eigenvalue weighted by molar-refractivity contribution is 6.30. The summed E-state index contributed by atoms with van der Waals surface area (Å²) in [4.78, 5) is 25.2. The van der Waals surface area contributed by atoms with Gasteiger partial charge in [-0.2, -0.15) is 0 Å². The van der Waals surface area contributed by atoms with Gasteiger partial charge in [-0.1, -0.05) is 49.1 Å². The third-order valence-corrected chi connectivity index (χ3v) is 8.64. The molecule has 4 rings (SSSR count). The van der Waals surface area contributed by atoms with E-state index in [0.29, 0.717) is 29.0 Å². The third-order valence-electron chi connectivity index (χ3n) is 8.40. The first kappa shape index (κ1) is 32.3. The molecule has 1 aliphatic carbocycles. The van der Waals surface area contributed by atoms with Crippen molar-refractivity contribution in [2.24, 2.45) is 5.92 Å². The standard InChI is InChI=1S/C33H46ClN3O5/c1-35-30(16-23-8-7-14-41-22-23)21-37-32(38)28-18-26(24-9-4-3-5-10-24)17-27(19-28)31(25-11-6-12-29(34)20-25)42-15-13-36-33(39)40-2/h6,11-12,17-20,23-24,30-31,35H,3-5,7-10,13-16,21-22H2,1-2H3,(H,36,39)(H,37,38). The fraction of sp³-hybridized carbons (Fsp3) is 0.576. The van der Waals surface area contributed by atoms with Gasteiger partial charge in [-0.15, -0.1) is 0 Å². The smallest absolute Gasteiger partial charge is 0.406 e. The summed E-state index contributed by atoms with van der Waals surface area (Å²) in [7, 11) is 3.28. The van der Waals surface area contributed by atoms with E-state index >= 15 is 0 Å². The molecule has 1 aliphatic heterocycles.